The van der Waals surface area contributed by atoms with E-state index in [9.17, 15) is 25.2 Å². The molecule has 3 aromatic carbocycles. The molecule has 0 aliphatic heterocycles. The minimum Gasteiger partial charge on any atom is -0.508 e. The lowest BCUT2D eigenvalue weighted by Crippen LogP contribution is -2.83. The molecule has 0 aromatic heterocycles. The molecule has 0 unspecified atom stereocenters. The van der Waals surface area contributed by atoms with E-state index >= 15 is 0 Å². The molecular weight excluding hydrogens is 500 g/mol. The number of hydrogen-bond acceptors (Lipinski definition) is 5. The topological polar surface area (TPSA) is 98.0 Å². The van der Waals surface area contributed by atoms with Gasteiger partial charge in [-0.05, 0) is 121 Å². The van der Waals surface area contributed by atoms with Crippen molar-refractivity contribution >= 4 is 5.78 Å². The molecule has 7 aliphatic carbocycles. The van der Waals surface area contributed by atoms with E-state index in [1.807, 2.05) is 19.9 Å². The number of carbonyl (C=O) groups is 1. The fourth-order valence-corrected chi connectivity index (χ4v) is 10.4. The van der Waals surface area contributed by atoms with Crippen LogP contribution in [0.4, 0.5) is 0 Å². The third-order valence-electron chi connectivity index (χ3n) is 12.1. The third-order valence-corrected chi connectivity index (χ3v) is 12.1. The first-order valence-electron chi connectivity index (χ1n) is 14.4. The van der Waals surface area contributed by atoms with Gasteiger partial charge in [0.1, 0.15) is 22.7 Å². The summed E-state index contributed by atoms with van der Waals surface area (Å²) in [5.41, 5.74) is 4.26. The molecule has 0 radical (unpaired) electrons. The number of fused-ring (bicyclic) bond motifs is 5. The van der Waals surface area contributed by atoms with E-state index in [1.165, 1.54) is 5.56 Å². The maximum atomic E-state index is 14.6. The lowest BCUT2D eigenvalue weighted by atomic mass is 9.26. The molecule has 4 N–H and O–H groups in total. The van der Waals surface area contributed by atoms with Crippen LogP contribution in [0.25, 0.3) is 11.1 Å². The lowest BCUT2D eigenvalue weighted by molar-refractivity contribution is -0.267. The standard InChI is InChI=1S/C35H34O5/c1-5-33-25-16-28(32(4,39)31(33)38)34(15-14-21-18(3)27(37)13-11-23(21)35(33,34)40)24-10-7-19-6-8-20-17(2)26(36)12-9-22(20)29(19)30(24)25/h5,7,9-13,25,28,36-37,39-40H,1,6,8,14-16H2,2-4H3/t25-,28-,32+,33+,34-,35-/m0/s1. The predicted octanol–water partition coefficient (Wildman–Crippen LogP) is 5.18. The third kappa shape index (κ3) is 2.19. The van der Waals surface area contributed by atoms with Crippen LogP contribution in [0.15, 0.2) is 49.1 Å². The second-order valence-corrected chi connectivity index (χ2v) is 13.1. The van der Waals surface area contributed by atoms with Crippen molar-refractivity contribution in [3.05, 3.63) is 93.6 Å². The second-order valence-electron chi connectivity index (χ2n) is 13.1. The maximum absolute atomic E-state index is 14.6. The maximum Gasteiger partial charge on any atom is 0.178 e. The molecule has 3 saturated carbocycles. The van der Waals surface area contributed by atoms with E-state index in [2.05, 4.69) is 18.7 Å². The number of carbonyl (C=O) groups excluding carboxylic acids is 1. The van der Waals surface area contributed by atoms with Crippen molar-refractivity contribution in [2.24, 2.45) is 11.3 Å². The molecule has 7 aliphatic rings. The van der Waals surface area contributed by atoms with Gasteiger partial charge in [-0.2, -0.15) is 0 Å². The van der Waals surface area contributed by atoms with Crippen LogP contribution in [0, 0.1) is 25.2 Å². The fourth-order valence-electron chi connectivity index (χ4n) is 10.4. The Kier molecular flexibility index (Phi) is 4.31. The predicted molar refractivity (Wildman–Crippen MR) is 152 cm³/mol. The number of ketones is 1. The van der Waals surface area contributed by atoms with Gasteiger partial charge in [0.2, 0.25) is 0 Å². The Balaban J connectivity index is 1.54. The van der Waals surface area contributed by atoms with Crippen LogP contribution >= 0.6 is 0 Å². The molecule has 4 bridgehead atoms. The van der Waals surface area contributed by atoms with E-state index in [0.29, 0.717) is 24.8 Å². The summed E-state index contributed by atoms with van der Waals surface area (Å²) in [4.78, 5) is 14.6. The number of benzene rings is 3. The zero-order chi connectivity index (χ0) is 28.1. The Morgan fingerprint density at radius 1 is 0.900 bits per heavy atom. The number of aryl methyl sites for hydroxylation is 1. The summed E-state index contributed by atoms with van der Waals surface area (Å²) < 4.78 is 0. The van der Waals surface area contributed by atoms with E-state index in [4.69, 9.17) is 0 Å². The molecule has 3 aromatic rings. The molecule has 204 valence electrons. The molecule has 6 atom stereocenters. The molecular formula is C35H34O5. The van der Waals surface area contributed by atoms with Crippen LogP contribution in [0.2, 0.25) is 0 Å². The Hall–Kier alpha value is -3.41. The van der Waals surface area contributed by atoms with Gasteiger partial charge in [0, 0.05) is 17.3 Å². The monoisotopic (exact) mass is 534 g/mol. The summed E-state index contributed by atoms with van der Waals surface area (Å²) in [7, 11) is 0. The molecule has 5 nitrogen and oxygen atoms in total. The van der Waals surface area contributed by atoms with Crippen molar-refractivity contribution < 1.29 is 25.2 Å². The first-order valence-corrected chi connectivity index (χ1v) is 14.4. The van der Waals surface area contributed by atoms with E-state index in [0.717, 1.165) is 57.3 Å². The number of phenols is 2. The highest BCUT2D eigenvalue weighted by atomic mass is 16.3. The Bertz CT molecular complexity index is 1730. The van der Waals surface area contributed by atoms with E-state index < -0.39 is 27.9 Å². The van der Waals surface area contributed by atoms with Gasteiger partial charge >= 0.3 is 0 Å². The zero-order valence-electron chi connectivity index (χ0n) is 23.1. The normalized spacial score (nSPS) is 35.9. The second kappa shape index (κ2) is 7.07. The molecule has 0 amide bonds. The van der Waals surface area contributed by atoms with Gasteiger partial charge in [-0.1, -0.05) is 30.3 Å². The summed E-state index contributed by atoms with van der Waals surface area (Å²) in [6.07, 6.45) is 5.06. The lowest BCUT2D eigenvalue weighted by Gasteiger charge is -2.77. The largest absolute Gasteiger partial charge is 0.508 e. The van der Waals surface area contributed by atoms with Crippen molar-refractivity contribution in [3.63, 3.8) is 0 Å². The van der Waals surface area contributed by atoms with Gasteiger partial charge in [-0.25, -0.2) is 0 Å². The average Bonchev–Trinajstić information content (AvgIpc) is 2.94. The zero-order valence-corrected chi connectivity index (χ0v) is 23.1. The van der Waals surface area contributed by atoms with Gasteiger partial charge in [0.15, 0.2) is 5.78 Å². The van der Waals surface area contributed by atoms with Crippen molar-refractivity contribution in [1.29, 1.82) is 0 Å². The van der Waals surface area contributed by atoms with Crippen LogP contribution in [-0.2, 0) is 35.1 Å². The van der Waals surface area contributed by atoms with Gasteiger partial charge < -0.3 is 20.4 Å². The van der Waals surface area contributed by atoms with Gasteiger partial charge in [-0.3, -0.25) is 4.79 Å². The minimum atomic E-state index is -1.62. The number of Topliss-reactive ketones (excluding diaryl/α,β-unsaturated/α-hetero) is 1. The molecule has 40 heavy (non-hydrogen) atoms. The van der Waals surface area contributed by atoms with Crippen molar-refractivity contribution in [2.45, 2.75) is 75.4 Å². The summed E-state index contributed by atoms with van der Waals surface area (Å²) in [6, 6.07) is 11.5. The Labute approximate surface area is 233 Å². The van der Waals surface area contributed by atoms with Gasteiger partial charge in [0.25, 0.3) is 0 Å². The molecule has 10 rings (SSSR count). The quantitative estimate of drug-likeness (QED) is 0.323. The first kappa shape index (κ1) is 24.4. The van der Waals surface area contributed by atoms with Crippen LogP contribution < -0.4 is 0 Å². The van der Waals surface area contributed by atoms with Crippen molar-refractivity contribution in [2.75, 3.05) is 0 Å². The summed E-state index contributed by atoms with van der Waals surface area (Å²) >= 11 is 0. The van der Waals surface area contributed by atoms with Gasteiger partial charge in [0.05, 0.1) is 5.41 Å². The van der Waals surface area contributed by atoms with Gasteiger partial charge in [-0.15, -0.1) is 6.58 Å². The molecule has 0 saturated heterocycles. The van der Waals surface area contributed by atoms with Crippen LogP contribution in [0.1, 0.15) is 70.2 Å². The number of phenolic OH excluding ortho intramolecular Hbond substituents is 2. The van der Waals surface area contributed by atoms with Crippen LogP contribution in [-0.4, -0.2) is 31.8 Å². The van der Waals surface area contributed by atoms with E-state index in [-0.39, 0.29) is 23.2 Å². The highest BCUT2D eigenvalue weighted by Crippen LogP contribution is 2.81. The number of aliphatic hydroxyl groups is 2. The number of hydrogen-bond donors (Lipinski definition) is 4. The Morgan fingerprint density at radius 3 is 2.30 bits per heavy atom. The molecule has 5 heteroatoms. The van der Waals surface area contributed by atoms with Crippen LogP contribution in [0.3, 0.4) is 0 Å². The highest BCUT2D eigenvalue weighted by Gasteiger charge is 2.85. The smallest absolute Gasteiger partial charge is 0.178 e. The van der Waals surface area contributed by atoms with Crippen molar-refractivity contribution in [3.8, 4) is 22.6 Å². The summed E-state index contributed by atoms with van der Waals surface area (Å²) in [6.45, 7) is 9.68. The highest BCUT2D eigenvalue weighted by molar-refractivity contribution is 6.02. The SMILES string of the molecule is C=C[C@]12C(=O)[C@](C)(O)[C@@H]3C[C@H]1c1c(ccc4c1-c1ccc(O)c(C)c1CC4)[C@@]31CCc3c(ccc(O)c3C)[C@]21O. The van der Waals surface area contributed by atoms with Crippen molar-refractivity contribution in [1.82, 2.24) is 0 Å². The molecule has 0 heterocycles. The van der Waals surface area contributed by atoms with E-state index in [1.54, 1.807) is 31.2 Å². The molecule has 1 spiro atoms. The Morgan fingerprint density at radius 2 is 1.57 bits per heavy atom. The number of aromatic hydroxyl groups is 2. The summed E-state index contributed by atoms with van der Waals surface area (Å²) in [5.74, 6) is -0.743. The van der Waals surface area contributed by atoms with Crippen LogP contribution in [0.5, 0.6) is 11.5 Å². The first-order chi connectivity index (χ1) is 19.0. The summed E-state index contributed by atoms with van der Waals surface area (Å²) in [5, 5.41) is 46.4. The number of rotatable bonds is 1. The fraction of sp³-hybridized carbons (Fsp3) is 0.400. The average molecular weight is 535 g/mol. The molecule has 3 fully saturated rings. The minimum absolute atomic E-state index is 0.181.